The molecular weight excluding hydrogens is 398 g/mol. The molecule has 0 saturated carbocycles. The standard InChI is InChI=1S/C23H25N3O5/c1-15-21(16(2)31-25-15)13-29-20-11-5-17(6-12-20)23(28)30-14-22(27)24-18-7-9-19(10-8-18)26(3)4/h5-12H,13-14H2,1-4H3,(H,24,27). The topological polar surface area (TPSA) is 93.9 Å². The fraction of sp³-hybridized carbons (Fsp3) is 0.261. The molecule has 162 valence electrons. The van der Waals surface area contributed by atoms with Gasteiger partial charge in [-0.1, -0.05) is 5.16 Å². The van der Waals surface area contributed by atoms with Crippen LogP contribution in [0.4, 0.5) is 11.4 Å². The van der Waals surface area contributed by atoms with Gasteiger partial charge in [-0.05, 0) is 62.4 Å². The average Bonchev–Trinajstić information content (AvgIpc) is 3.08. The molecule has 0 aliphatic carbocycles. The zero-order chi connectivity index (χ0) is 22.4. The van der Waals surface area contributed by atoms with E-state index in [9.17, 15) is 9.59 Å². The number of esters is 1. The van der Waals surface area contributed by atoms with E-state index in [2.05, 4.69) is 10.5 Å². The van der Waals surface area contributed by atoms with E-state index in [1.807, 2.05) is 45.0 Å². The molecule has 0 aliphatic rings. The van der Waals surface area contributed by atoms with Crippen molar-refractivity contribution < 1.29 is 23.6 Å². The number of carbonyl (C=O) groups is 2. The second-order valence-electron chi connectivity index (χ2n) is 7.18. The number of rotatable bonds is 8. The molecule has 0 radical (unpaired) electrons. The molecule has 0 unspecified atom stereocenters. The second kappa shape index (κ2) is 9.80. The monoisotopic (exact) mass is 423 g/mol. The van der Waals surface area contributed by atoms with Gasteiger partial charge in [0.05, 0.1) is 16.8 Å². The van der Waals surface area contributed by atoms with Crippen LogP contribution in [0.1, 0.15) is 27.4 Å². The quantitative estimate of drug-likeness (QED) is 0.552. The summed E-state index contributed by atoms with van der Waals surface area (Å²) >= 11 is 0. The molecule has 0 atom stereocenters. The van der Waals surface area contributed by atoms with E-state index < -0.39 is 11.9 Å². The first-order valence-electron chi connectivity index (χ1n) is 9.72. The number of amides is 1. The lowest BCUT2D eigenvalue weighted by Gasteiger charge is -2.13. The minimum absolute atomic E-state index is 0.320. The Morgan fingerprint density at radius 2 is 1.71 bits per heavy atom. The first kappa shape index (κ1) is 21.9. The van der Waals surface area contributed by atoms with Crippen molar-refractivity contribution in [3.63, 3.8) is 0 Å². The van der Waals surface area contributed by atoms with Gasteiger partial charge in [0.1, 0.15) is 18.1 Å². The maximum atomic E-state index is 12.2. The van der Waals surface area contributed by atoms with Crippen molar-refractivity contribution in [2.75, 3.05) is 30.9 Å². The minimum Gasteiger partial charge on any atom is -0.489 e. The van der Waals surface area contributed by atoms with E-state index in [1.54, 1.807) is 36.4 Å². The molecular formula is C23H25N3O5. The molecule has 2 aromatic carbocycles. The van der Waals surface area contributed by atoms with Gasteiger partial charge in [0.15, 0.2) is 6.61 Å². The first-order valence-corrected chi connectivity index (χ1v) is 9.72. The van der Waals surface area contributed by atoms with E-state index in [0.717, 1.165) is 16.9 Å². The summed E-state index contributed by atoms with van der Waals surface area (Å²) in [6.07, 6.45) is 0. The Hall–Kier alpha value is -3.81. The van der Waals surface area contributed by atoms with Crippen LogP contribution >= 0.6 is 0 Å². The van der Waals surface area contributed by atoms with Crippen LogP contribution < -0.4 is 15.0 Å². The molecule has 1 aromatic heterocycles. The summed E-state index contributed by atoms with van der Waals surface area (Å²) in [5.41, 5.74) is 3.65. The van der Waals surface area contributed by atoms with Gasteiger partial charge in [0.2, 0.25) is 0 Å². The summed E-state index contributed by atoms with van der Waals surface area (Å²) < 4.78 is 15.9. The number of hydrogen-bond donors (Lipinski definition) is 1. The van der Waals surface area contributed by atoms with E-state index in [-0.39, 0.29) is 6.61 Å². The Morgan fingerprint density at radius 1 is 1.03 bits per heavy atom. The van der Waals surface area contributed by atoms with Crippen molar-refractivity contribution in [3.05, 3.63) is 71.1 Å². The third kappa shape index (κ3) is 5.85. The molecule has 31 heavy (non-hydrogen) atoms. The number of hydrogen-bond acceptors (Lipinski definition) is 7. The average molecular weight is 423 g/mol. The van der Waals surface area contributed by atoms with Crippen LogP contribution in [0.3, 0.4) is 0 Å². The third-order valence-electron chi connectivity index (χ3n) is 4.66. The third-order valence-corrected chi connectivity index (χ3v) is 4.66. The van der Waals surface area contributed by atoms with Gasteiger partial charge in [-0.15, -0.1) is 0 Å². The van der Waals surface area contributed by atoms with Crippen LogP contribution in [0.2, 0.25) is 0 Å². The molecule has 0 saturated heterocycles. The number of aromatic nitrogens is 1. The SMILES string of the molecule is Cc1noc(C)c1COc1ccc(C(=O)OCC(=O)Nc2ccc(N(C)C)cc2)cc1. The molecule has 3 rings (SSSR count). The van der Waals surface area contributed by atoms with Crippen molar-refractivity contribution in [1.29, 1.82) is 0 Å². The van der Waals surface area contributed by atoms with Crippen LogP contribution in [0.5, 0.6) is 5.75 Å². The Kier molecular flexibility index (Phi) is 6.92. The summed E-state index contributed by atoms with van der Waals surface area (Å²) in [5.74, 6) is 0.306. The van der Waals surface area contributed by atoms with Gasteiger partial charge in [-0.25, -0.2) is 4.79 Å². The van der Waals surface area contributed by atoms with Crippen LogP contribution in [0.15, 0.2) is 53.1 Å². The van der Waals surface area contributed by atoms with Crippen molar-refractivity contribution in [3.8, 4) is 5.75 Å². The highest BCUT2D eigenvalue weighted by molar-refractivity contribution is 5.95. The fourth-order valence-electron chi connectivity index (χ4n) is 2.81. The number of anilines is 2. The zero-order valence-corrected chi connectivity index (χ0v) is 18.0. The molecule has 1 heterocycles. The number of nitrogens with one attached hydrogen (secondary N) is 1. The Labute approximate surface area is 180 Å². The maximum absolute atomic E-state index is 12.2. The van der Waals surface area contributed by atoms with E-state index in [4.69, 9.17) is 14.0 Å². The Bertz CT molecular complexity index is 1020. The number of ether oxygens (including phenoxy) is 2. The molecule has 8 nitrogen and oxygen atoms in total. The number of aryl methyl sites for hydroxylation is 2. The fourth-order valence-corrected chi connectivity index (χ4v) is 2.81. The van der Waals surface area contributed by atoms with Gasteiger partial charge in [0, 0.05) is 25.5 Å². The minimum atomic E-state index is -0.588. The van der Waals surface area contributed by atoms with Gasteiger partial charge >= 0.3 is 5.97 Å². The first-order chi connectivity index (χ1) is 14.8. The lowest BCUT2D eigenvalue weighted by molar-refractivity contribution is -0.119. The largest absolute Gasteiger partial charge is 0.489 e. The summed E-state index contributed by atoms with van der Waals surface area (Å²) in [4.78, 5) is 26.2. The Balaban J connectivity index is 1.47. The normalized spacial score (nSPS) is 10.5. The van der Waals surface area contributed by atoms with Gasteiger partial charge in [-0.3, -0.25) is 4.79 Å². The van der Waals surface area contributed by atoms with Crippen molar-refractivity contribution in [2.24, 2.45) is 0 Å². The van der Waals surface area contributed by atoms with Crippen molar-refractivity contribution in [1.82, 2.24) is 5.16 Å². The number of benzene rings is 2. The van der Waals surface area contributed by atoms with Crippen LogP contribution in [0.25, 0.3) is 0 Å². The Morgan fingerprint density at radius 3 is 2.29 bits per heavy atom. The molecule has 1 amide bonds. The summed E-state index contributed by atoms with van der Waals surface area (Å²) in [6, 6.07) is 13.9. The highest BCUT2D eigenvalue weighted by Crippen LogP contribution is 2.19. The lowest BCUT2D eigenvalue weighted by Crippen LogP contribution is -2.21. The van der Waals surface area contributed by atoms with E-state index in [0.29, 0.717) is 29.4 Å². The maximum Gasteiger partial charge on any atom is 0.338 e. The second-order valence-corrected chi connectivity index (χ2v) is 7.18. The molecule has 0 aliphatic heterocycles. The molecule has 0 fully saturated rings. The highest BCUT2D eigenvalue weighted by Gasteiger charge is 2.12. The van der Waals surface area contributed by atoms with Gasteiger partial charge in [0.25, 0.3) is 5.91 Å². The summed E-state index contributed by atoms with van der Waals surface area (Å²) in [5, 5.41) is 6.58. The van der Waals surface area contributed by atoms with Crippen LogP contribution in [0, 0.1) is 13.8 Å². The molecule has 1 N–H and O–H groups in total. The predicted molar refractivity (Wildman–Crippen MR) is 116 cm³/mol. The number of nitrogens with zero attached hydrogens (tertiary/aromatic N) is 2. The lowest BCUT2D eigenvalue weighted by atomic mass is 10.2. The van der Waals surface area contributed by atoms with Crippen LogP contribution in [-0.4, -0.2) is 37.7 Å². The van der Waals surface area contributed by atoms with Gasteiger partial charge in [-0.2, -0.15) is 0 Å². The van der Waals surface area contributed by atoms with Crippen molar-refractivity contribution >= 4 is 23.3 Å². The summed E-state index contributed by atoms with van der Waals surface area (Å²) in [7, 11) is 3.87. The molecule has 0 bridgehead atoms. The molecule has 0 spiro atoms. The number of carbonyl (C=O) groups excluding carboxylic acids is 2. The molecule has 8 heteroatoms. The summed E-state index contributed by atoms with van der Waals surface area (Å²) in [6.45, 7) is 3.62. The van der Waals surface area contributed by atoms with E-state index in [1.165, 1.54) is 0 Å². The highest BCUT2D eigenvalue weighted by atomic mass is 16.5. The van der Waals surface area contributed by atoms with E-state index >= 15 is 0 Å². The molecule has 3 aromatic rings. The zero-order valence-electron chi connectivity index (χ0n) is 18.0. The smallest absolute Gasteiger partial charge is 0.338 e. The van der Waals surface area contributed by atoms with Gasteiger partial charge < -0.3 is 24.2 Å². The van der Waals surface area contributed by atoms with Crippen LogP contribution in [-0.2, 0) is 16.1 Å². The predicted octanol–water partition coefficient (Wildman–Crippen LogP) is 3.73. The van der Waals surface area contributed by atoms with Crippen molar-refractivity contribution in [2.45, 2.75) is 20.5 Å².